The van der Waals surface area contributed by atoms with Gasteiger partial charge in [0.2, 0.25) is 47.3 Å². The lowest BCUT2D eigenvalue weighted by atomic mass is 9.98. The SMILES string of the molecule is CC(C)C[C@H](NC(=O)[C@@H](NC(=O)CNC(=O)CN)C(C)C)C(=O)N[C@H](C(=O)N[C@H](CCC(N)=O)C(=O)N1CCC[C@H]1C(=O)NCC(=O)O)C(C)C. The van der Waals surface area contributed by atoms with Gasteiger partial charge in [-0.15, -0.1) is 0 Å². The fraction of sp³-hybridized carbons (Fsp3) is 0.719. The summed E-state index contributed by atoms with van der Waals surface area (Å²) in [7, 11) is 0. The van der Waals surface area contributed by atoms with Gasteiger partial charge in [-0.1, -0.05) is 41.5 Å². The number of nitrogens with zero attached hydrogens (tertiary/aromatic N) is 1. The molecule has 1 aliphatic heterocycles. The lowest BCUT2D eigenvalue weighted by Gasteiger charge is -2.31. The van der Waals surface area contributed by atoms with E-state index in [1.54, 1.807) is 27.7 Å². The maximum absolute atomic E-state index is 13.7. The molecule has 1 rings (SSSR count). The summed E-state index contributed by atoms with van der Waals surface area (Å²) >= 11 is 0. The molecule has 0 aromatic rings. The zero-order chi connectivity index (χ0) is 39.0. The molecule has 288 valence electrons. The maximum Gasteiger partial charge on any atom is 0.322 e. The van der Waals surface area contributed by atoms with Crippen molar-refractivity contribution in [1.82, 2.24) is 36.8 Å². The molecule has 0 aliphatic carbocycles. The lowest BCUT2D eigenvalue weighted by molar-refractivity contribution is -0.143. The van der Waals surface area contributed by atoms with Crippen LogP contribution in [0.4, 0.5) is 0 Å². The number of amides is 8. The Labute approximate surface area is 297 Å². The van der Waals surface area contributed by atoms with Crippen molar-refractivity contribution in [3.63, 3.8) is 0 Å². The normalized spacial score (nSPS) is 16.4. The zero-order valence-electron chi connectivity index (χ0n) is 30.2. The summed E-state index contributed by atoms with van der Waals surface area (Å²) in [6.07, 6.45) is 0.369. The average Bonchev–Trinajstić information content (AvgIpc) is 3.54. The molecule has 51 heavy (non-hydrogen) atoms. The molecule has 19 heteroatoms. The first-order chi connectivity index (χ1) is 23.8. The lowest BCUT2D eigenvalue weighted by Crippen LogP contribution is -2.61. The minimum atomic E-state index is -1.31. The Kier molecular flexibility index (Phi) is 18.6. The molecular weight excluding hydrogens is 670 g/mol. The van der Waals surface area contributed by atoms with Crippen molar-refractivity contribution < 1.29 is 48.3 Å². The van der Waals surface area contributed by atoms with E-state index < -0.39 is 108 Å². The predicted octanol–water partition coefficient (Wildman–Crippen LogP) is -3.18. The molecule has 5 atom stereocenters. The van der Waals surface area contributed by atoms with E-state index in [4.69, 9.17) is 16.6 Å². The third-order valence-corrected chi connectivity index (χ3v) is 8.03. The fourth-order valence-corrected chi connectivity index (χ4v) is 5.35. The number of nitrogens with two attached hydrogens (primary N) is 2. The van der Waals surface area contributed by atoms with Crippen molar-refractivity contribution in [1.29, 1.82) is 0 Å². The van der Waals surface area contributed by atoms with Gasteiger partial charge in [0, 0.05) is 13.0 Å². The van der Waals surface area contributed by atoms with Crippen LogP contribution in [0.5, 0.6) is 0 Å². The monoisotopic (exact) mass is 725 g/mol. The Balaban J connectivity index is 3.18. The van der Waals surface area contributed by atoms with Crippen LogP contribution in [-0.4, -0.2) is 120 Å². The Hall–Kier alpha value is -4.81. The third kappa shape index (κ3) is 15.3. The third-order valence-electron chi connectivity index (χ3n) is 8.03. The fourth-order valence-electron chi connectivity index (χ4n) is 5.35. The second-order valence-electron chi connectivity index (χ2n) is 13.6. The number of aliphatic carboxylic acids is 1. The topological polar surface area (TPSA) is 301 Å². The molecule has 1 heterocycles. The van der Waals surface area contributed by atoms with Gasteiger partial charge < -0.3 is 53.4 Å². The van der Waals surface area contributed by atoms with E-state index in [1.165, 1.54) is 4.90 Å². The summed E-state index contributed by atoms with van der Waals surface area (Å²) < 4.78 is 0. The highest BCUT2D eigenvalue weighted by Crippen LogP contribution is 2.20. The number of carboxylic acid groups (broad SMARTS) is 1. The summed E-state index contributed by atoms with van der Waals surface area (Å²) in [5, 5.41) is 24.0. The average molecular weight is 726 g/mol. The molecule has 1 fully saturated rings. The Morgan fingerprint density at radius 1 is 0.745 bits per heavy atom. The van der Waals surface area contributed by atoms with Crippen LogP contribution in [0.25, 0.3) is 0 Å². The summed E-state index contributed by atoms with van der Waals surface area (Å²) in [6, 6.07) is -5.73. The van der Waals surface area contributed by atoms with Crippen LogP contribution in [-0.2, 0) is 43.2 Å². The van der Waals surface area contributed by atoms with Crippen LogP contribution in [0, 0.1) is 17.8 Å². The first kappa shape index (κ1) is 44.2. The molecule has 1 aliphatic rings. The van der Waals surface area contributed by atoms with Gasteiger partial charge in [0.15, 0.2) is 0 Å². The molecule has 0 bridgehead atoms. The minimum Gasteiger partial charge on any atom is -0.480 e. The van der Waals surface area contributed by atoms with E-state index >= 15 is 0 Å². The van der Waals surface area contributed by atoms with E-state index in [2.05, 4.69) is 31.9 Å². The van der Waals surface area contributed by atoms with Gasteiger partial charge in [0.1, 0.15) is 36.8 Å². The Bertz CT molecular complexity index is 1290. The molecule has 0 saturated carbocycles. The summed E-state index contributed by atoms with van der Waals surface area (Å²) in [5.74, 6) is -7.73. The largest absolute Gasteiger partial charge is 0.480 e. The molecule has 1 saturated heterocycles. The van der Waals surface area contributed by atoms with E-state index in [1.807, 2.05) is 13.8 Å². The molecule has 0 spiro atoms. The maximum atomic E-state index is 13.7. The van der Waals surface area contributed by atoms with Crippen LogP contribution >= 0.6 is 0 Å². The number of carboxylic acids is 1. The van der Waals surface area contributed by atoms with Crippen molar-refractivity contribution in [2.45, 2.75) is 104 Å². The van der Waals surface area contributed by atoms with Crippen molar-refractivity contribution in [2.24, 2.45) is 29.2 Å². The summed E-state index contributed by atoms with van der Waals surface area (Å²) in [5.41, 5.74) is 10.6. The van der Waals surface area contributed by atoms with Crippen LogP contribution in [0.15, 0.2) is 0 Å². The van der Waals surface area contributed by atoms with Crippen molar-refractivity contribution in [3.8, 4) is 0 Å². The molecule has 8 amide bonds. The first-order valence-electron chi connectivity index (χ1n) is 17.0. The second-order valence-corrected chi connectivity index (χ2v) is 13.6. The van der Waals surface area contributed by atoms with Crippen LogP contribution in [0.1, 0.15) is 73.6 Å². The number of carbonyl (C=O) groups is 9. The quantitative estimate of drug-likeness (QED) is 0.0568. The number of hydrogen-bond acceptors (Lipinski definition) is 10. The number of likely N-dealkylation sites (tertiary alicyclic amines) is 1. The number of rotatable bonds is 21. The molecule has 0 unspecified atom stereocenters. The number of primary amides is 1. The molecule has 19 nitrogen and oxygen atoms in total. The van der Waals surface area contributed by atoms with Crippen molar-refractivity contribution >= 4 is 53.2 Å². The van der Waals surface area contributed by atoms with E-state index in [9.17, 15) is 43.2 Å². The number of hydrogen-bond donors (Lipinski definition) is 9. The first-order valence-corrected chi connectivity index (χ1v) is 17.0. The molecule has 0 aromatic heterocycles. The summed E-state index contributed by atoms with van der Waals surface area (Å²) in [4.78, 5) is 115. The molecule has 0 radical (unpaired) electrons. The van der Waals surface area contributed by atoms with Crippen LogP contribution < -0.4 is 43.4 Å². The number of nitrogens with one attached hydrogen (secondary N) is 6. The van der Waals surface area contributed by atoms with Crippen LogP contribution in [0.3, 0.4) is 0 Å². The van der Waals surface area contributed by atoms with Gasteiger partial charge in [0.25, 0.3) is 0 Å². The zero-order valence-corrected chi connectivity index (χ0v) is 30.2. The van der Waals surface area contributed by atoms with Crippen LogP contribution in [0.2, 0.25) is 0 Å². The standard InChI is InChI=1S/C32H55N9O10/c1-16(2)12-20(38-30(49)26(17(3)4)39-24(44)14-35-23(43)13-33)28(47)40-27(18(5)6)31(50)37-19(9-10-22(34)42)32(51)41-11-7-8-21(41)29(48)36-15-25(45)46/h16-21,26-27H,7-15,33H2,1-6H3,(H2,34,42)(H,35,43)(H,36,48)(H,37,50)(H,38,49)(H,39,44)(H,40,47)(H,45,46)/t19-,20+,21+,26+,27+/m1/s1. The van der Waals surface area contributed by atoms with Gasteiger partial charge in [-0.25, -0.2) is 0 Å². The Morgan fingerprint density at radius 3 is 1.82 bits per heavy atom. The van der Waals surface area contributed by atoms with Crippen molar-refractivity contribution in [2.75, 3.05) is 26.2 Å². The second kappa shape index (κ2) is 21.4. The summed E-state index contributed by atoms with van der Waals surface area (Å²) in [6.45, 7) is 9.09. The van der Waals surface area contributed by atoms with Gasteiger partial charge in [-0.05, 0) is 43.4 Å². The van der Waals surface area contributed by atoms with Crippen molar-refractivity contribution in [3.05, 3.63) is 0 Å². The van der Waals surface area contributed by atoms with E-state index in [0.717, 1.165) is 0 Å². The van der Waals surface area contributed by atoms with E-state index in [-0.39, 0.29) is 44.7 Å². The smallest absolute Gasteiger partial charge is 0.322 e. The highest BCUT2D eigenvalue weighted by atomic mass is 16.4. The molecule has 0 aromatic carbocycles. The number of carbonyl (C=O) groups excluding carboxylic acids is 8. The molecule has 11 N–H and O–H groups in total. The minimum absolute atomic E-state index is 0.0946. The van der Waals surface area contributed by atoms with Gasteiger partial charge >= 0.3 is 5.97 Å². The predicted molar refractivity (Wildman–Crippen MR) is 183 cm³/mol. The Morgan fingerprint density at radius 2 is 1.31 bits per heavy atom. The van der Waals surface area contributed by atoms with Gasteiger partial charge in [0.05, 0.1) is 13.1 Å². The van der Waals surface area contributed by atoms with Gasteiger partial charge in [-0.2, -0.15) is 0 Å². The molecular formula is C32H55N9O10. The van der Waals surface area contributed by atoms with Gasteiger partial charge in [-0.3, -0.25) is 43.2 Å². The highest BCUT2D eigenvalue weighted by molar-refractivity contribution is 5.97. The van der Waals surface area contributed by atoms with E-state index in [0.29, 0.717) is 6.42 Å². The highest BCUT2D eigenvalue weighted by Gasteiger charge is 2.39.